The van der Waals surface area contributed by atoms with E-state index in [0.29, 0.717) is 6.61 Å². The van der Waals surface area contributed by atoms with Crippen LogP contribution in [0, 0.1) is 0 Å². The summed E-state index contributed by atoms with van der Waals surface area (Å²) in [5.41, 5.74) is 0.937. The minimum absolute atomic E-state index is 0.131. The molecule has 2 aromatic rings. The fraction of sp³-hybridized carbons (Fsp3) is 0.467. The van der Waals surface area contributed by atoms with Crippen LogP contribution in [0.2, 0.25) is 0 Å². The van der Waals surface area contributed by atoms with Crippen molar-refractivity contribution in [2.45, 2.75) is 32.2 Å². The average molecular weight is 322 g/mol. The van der Waals surface area contributed by atoms with Crippen molar-refractivity contribution in [1.29, 1.82) is 0 Å². The zero-order chi connectivity index (χ0) is 14.8. The third kappa shape index (κ3) is 2.96. The third-order valence-corrected chi connectivity index (χ3v) is 5.68. The minimum atomic E-state index is -0.167. The predicted molar refractivity (Wildman–Crippen MR) is 86.2 cm³/mol. The lowest BCUT2D eigenvalue weighted by Crippen LogP contribution is -2.17. The van der Waals surface area contributed by atoms with Gasteiger partial charge >= 0.3 is 5.97 Å². The molecule has 1 aliphatic rings. The van der Waals surface area contributed by atoms with Crippen molar-refractivity contribution >= 4 is 33.8 Å². The van der Waals surface area contributed by atoms with Crippen molar-refractivity contribution < 1.29 is 9.53 Å². The molecule has 0 saturated carbocycles. The molecular weight excluding hydrogens is 304 g/mol. The molecule has 112 valence electrons. The Balaban J connectivity index is 1.75. The van der Waals surface area contributed by atoms with Crippen molar-refractivity contribution in [3.05, 3.63) is 33.0 Å². The van der Waals surface area contributed by atoms with Crippen LogP contribution >= 0.6 is 22.7 Å². The highest BCUT2D eigenvalue weighted by atomic mass is 32.1. The Morgan fingerprint density at radius 1 is 1.57 bits per heavy atom. The molecule has 4 nitrogen and oxygen atoms in total. The maximum absolute atomic E-state index is 12.0. The van der Waals surface area contributed by atoms with E-state index in [1.54, 1.807) is 22.7 Å². The van der Waals surface area contributed by atoms with E-state index in [-0.39, 0.29) is 11.9 Å². The molecule has 1 unspecified atom stereocenters. The summed E-state index contributed by atoms with van der Waals surface area (Å²) in [5.74, 6) is -0.297. The van der Waals surface area contributed by atoms with Gasteiger partial charge in [-0.2, -0.15) is 0 Å². The van der Waals surface area contributed by atoms with Crippen LogP contribution in [0.3, 0.4) is 0 Å². The Hall–Kier alpha value is -1.40. The van der Waals surface area contributed by atoms with Crippen LogP contribution in [-0.4, -0.2) is 24.6 Å². The topological polar surface area (TPSA) is 42.4 Å². The number of carbonyl (C=O) groups excluding carboxylic acids is 1. The molecule has 21 heavy (non-hydrogen) atoms. The second kappa shape index (κ2) is 6.15. The molecule has 0 aromatic carbocycles. The molecule has 2 aromatic heterocycles. The molecule has 0 saturated heterocycles. The molecule has 0 N–H and O–H groups in total. The molecule has 0 radical (unpaired) electrons. The number of aromatic nitrogens is 1. The largest absolute Gasteiger partial charge is 0.465 e. The number of anilines is 1. The molecule has 1 atom stereocenters. The molecular formula is C15H18N2O2S2. The monoisotopic (exact) mass is 322 g/mol. The number of hydrogen-bond acceptors (Lipinski definition) is 6. The van der Waals surface area contributed by atoms with Crippen LogP contribution in [-0.2, 0) is 22.5 Å². The second-order valence-corrected chi connectivity index (χ2v) is 7.18. The number of thiazole rings is 1. The number of fused-ring (bicyclic) bond motifs is 1. The lowest BCUT2D eigenvalue weighted by molar-refractivity contribution is -0.145. The number of ether oxygens (including phenoxy) is 1. The lowest BCUT2D eigenvalue weighted by atomic mass is 10.1. The summed E-state index contributed by atoms with van der Waals surface area (Å²) in [6, 6.07) is 4.19. The lowest BCUT2D eigenvalue weighted by Gasteiger charge is -2.15. The summed E-state index contributed by atoms with van der Waals surface area (Å²) >= 11 is 3.45. The van der Waals surface area contributed by atoms with Crippen LogP contribution in [0.4, 0.5) is 5.13 Å². The molecule has 0 aliphatic heterocycles. The summed E-state index contributed by atoms with van der Waals surface area (Å²) in [5, 5.41) is 3.07. The number of rotatable bonds is 5. The van der Waals surface area contributed by atoms with Gasteiger partial charge in [-0.1, -0.05) is 6.07 Å². The van der Waals surface area contributed by atoms with Crippen molar-refractivity contribution in [3.8, 4) is 0 Å². The Bertz CT molecular complexity index is 622. The van der Waals surface area contributed by atoms with Crippen molar-refractivity contribution in [2.75, 3.05) is 18.6 Å². The van der Waals surface area contributed by atoms with Gasteiger partial charge in [-0.05, 0) is 31.2 Å². The van der Waals surface area contributed by atoms with Crippen LogP contribution in [0.15, 0.2) is 17.5 Å². The summed E-state index contributed by atoms with van der Waals surface area (Å²) in [6.45, 7) is 3.13. The van der Waals surface area contributed by atoms with Gasteiger partial charge in [0.15, 0.2) is 5.13 Å². The molecule has 3 rings (SSSR count). The summed E-state index contributed by atoms with van der Waals surface area (Å²) in [6.07, 6.45) is 1.77. The Morgan fingerprint density at radius 3 is 3.14 bits per heavy atom. The molecule has 0 fully saturated rings. The smallest absolute Gasteiger partial charge is 0.315 e. The number of hydrogen-bond donors (Lipinski definition) is 0. The van der Waals surface area contributed by atoms with Crippen molar-refractivity contribution in [2.24, 2.45) is 0 Å². The van der Waals surface area contributed by atoms with Gasteiger partial charge in [0.1, 0.15) is 5.92 Å². The number of nitrogens with zero attached hydrogens (tertiary/aromatic N) is 2. The highest BCUT2D eigenvalue weighted by molar-refractivity contribution is 7.15. The fourth-order valence-electron chi connectivity index (χ4n) is 2.55. The van der Waals surface area contributed by atoms with Gasteiger partial charge in [-0.3, -0.25) is 4.79 Å². The van der Waals surface area contributed by atoms with E-state index in [1.165, 1.54) is 9.75 Å². The predicted octanol–water partition coefficient (Wildman–Crippen LogP) is 3.43. The van der Waals surface area contributed by atoms with E-state index in [1.807, 2.05) is 14.0 Å². The van der Waals surface area contributed by atoms with Gasteiger partial charge in [-0.15, -0.1) is 22.7 Å². The quantitative estimate of drug-likeness (QED) is 0.791. The fourth-order valence-corrected chi connectivity index (χ4v) is 4.41. The van der Waals surface area contributed by atoms with Crippen molar-refractivity contribution in [3.63, 3.8) is 0 Å². The molecule has 0 amide bonds. The van der Waals surface area contributed by atoms with Crippen molar-refractivity contribution in [1.82, 2.24) is 4.98 Å². The number of thiophene rings is 1. The molecule has 2 heterocycles. The standard InChI is InChI=1S/C15H18N2O2S2/c1-3-19-14(18)11-6-7-12-13(11)16-15(21-12)17(2)9-10-5-4-8-20-10/h4-5,8,11H,3,6-7,9H2,1-2H3. The maximum atomic E-state index is 12.0. The highest BCUT2D eigenvalue weighted by Gasteiger charge is 2.34. The van der Waals surface area contributed by atoms with Crippen LogP contribution in [0.1, 0.15) is 34.7 Å². The zero-order valence-corrected chi connectivity index (χ0v) is 13.8. The van der Waals surface area contributed by atoms with E-state index in [2.05, 4.69) is 22.4 Å². The zero-order valence-electron chi connectivity index (χ0n) is 12.2. The highest BCUT2D eigenvalue weighted by Crippen LogP contribution is 2.40. The second-order valence-electron chi connectivity index (χ2n) is 5.08. The van der Waals surface area contributed by atoms with Crippen LogP contribution < -0.4 is 4.90 Å². The van der Waals surface area contributed by atoms with E-state index in [0.717, 1.165) is 30.2 Å². The first kappa shape index (κ1) is 14.5. The van der Waals surface area contributed by atoms with Gasteiger partial charge in [0.05, 0.1) is 18.8 Å². The third-order valence-electron chi connectivity index (χ3n) is 3.58. The summed E-state index contributed by atoms with van der Waals surface area (Å²) in [7, 11) is 2.05. The molecule has 0 bridgehead atoms. The number of aryl methyl sites for hydroxylation is 1. The van der Waals surface area contributed by atoms with Gasteiger partial charge in [0.25, 0.3) is 0 Å². The molecule has 1 aliphatic carbocycles. The van der Waals surface area contributed by atoms with E-state index in [4.69, 9.17) is 9.72 Å². The Labute approximate surface area is 132 Å². The minimum Gasteiger partial charge on any atom is -0.465 e. The van der Waals surface area contributed by atoms with Gasteiger partial charge in [0.2, 0.25) is 0 Å². The molecule has 6 heteroatoms. The number of carbonyl (C=O) groups is 1. The van der Waals surface area contributed by atoms with Crippen LogP contribution in [0.5, 0.6) is 0 Å². The average Bonchev–Trinajstić information content (AvgIpc) is 3.14. The summed E-state index contributed by atoms with van der Waals surface area (Å²) < 4.78 is 5.15. The van der Waals surface area contributed by atoms with E-state index < -0.39 is 0 Å². The first-order valence-electron chi connectivity index (χ1n) is 7.08. The first-order valence-corrected chi connectivity index (χ1v) is 8.78. The summed E-state index contributed by atoms with van der Waals surface area (Å²) in [4.78, 5) is 21.4. The van der Waals surface area contributed by atoms with E-state index >= 15 is 0 Å². The van der Waals surface area contributed by atoms with Gasteiger partial charge in [-0.25, -0.2) is 4.98 Å². The number of esters is 1. The van der Waals surface area contributed by atoms with Gasteiger partial charge in [0, 0.05) is 16.8 Å². The van der Waals surface area contributed by atoms with Gasteiger partial charge < -0.3 is 9.64 Å². The van der Waals surface area contributed by atoms with E-state index in [9.17, 15) is 4.79 Å². The normalized spacial score (nSPS) is 16.8. The Kier molecular flexibility index (Phi) is 4.26. The Morgan fingerprint density at radius 2 is 2.43 bits per heavy atom. The maximum Gasteiger partial charge on any atom is 0.315 e. The molecule has 0 spiro atoms. The first-order chi connectivity index (χ1) is 10.2. The van der Waals surface area contributed by atoms with Crippen LogP contribution in [0.25, 0.3) is 0 Å². The SMILES string of the molecule is CCOC(=O)C1CCc2sc(N(C)Cc3cccs3)nc21.